The van der Waals surface area contributed by atoms with Crippen LogP contribution in [0.2, 0.25) is 0 Å². The van der Waals surface area contributed by atoms with Gasteiger partial charge in [0.25, 0.3) is 0 Å². The van der Waals surface area contributed by atoms with Gasteiger partial charge in [-0.15, -0.1) is 0 Å². The first-order valence-corrected chi connectivity index (χ1v) is 6.11. The number of para-hydroxylation sites is 1. The summed E-state index contributed by atoms with van der Waals surface area (Å²) in [5.41, 5.74) is 1.16. The average Bonchev–Trinajstić information content (AvgIpc) is 2.82. The molecule has 2 rings (SSSR count). The highest BCUT2D eigenvalue weighted by Crippen LogP contribution is 2.34. The van der Waals surface area contributed by atoms with Gasteiger partial charge in [-0.1, -0.05) is 18.2 Å². The van der Waals surface area contributed by atoms with Crippen LogP contribution in [0.1, 0.15) is 32.3 Å². The number of carbonyl (C=O) groups is 1. The van der Waals surface area contributed by atoms with Crippen LogP contribution in [-0.4, -0.2) is 24.2 Å². The Morgan fingerprint density at radius 1 is 1.24 bits per heavy atom. The van der Waals surface area contributed by atoms with Crippen molar-refractivity contribution in [1.29, 1.82) is 0 Å². The molecule has 1 N–H and O–H groups in total. The molecule has 0 aliphatic carbocycles. The van der Waals surface area contributed by atoms with E-state index in [0.717, 1.165) is 24.3 Å². The number of carboxylic acids is 1. The maximum absolute atomic E-state index is 11.4. The Morgan fingerprint density at radius 2 is 1.82 bits per heavy atom. The van der Waals surface area contributed by atoms with Gasteiger partial charge in [0.1, 0.15) is 0 Å². The molecule has 3 nitrogen and oxygen atoms in total. The molecule has 1 aliphatic rings. The van der Waals surface area contributed by atoms with Crippen molar-refractivity contribution in [1.82, 2.24) is 0 Å². The van der Waals surface area contributed by atoms with Crippen LogP contribution >= 0.6 is 0 Å². The molecule has 3 heteroatoms. The summed E-state index contributed by atoms with van der Waals surface area (Å²) in [4.78, 5) is 13.7. The predicted molar refractivity (Wildman–Crippen MR) is 68.6 cm³/mol. The Hall–Kier alpha value is -1.51. The van der Waals surface area contributed by atoms with Crippen molar-refractivity contribution in [2.45, 2.75) is 32.1 Å². The number of anilines is 1. The van der Waals surface area contributed by atoms with Gasteiger partial charge < -0.3 is 10.0 Å². The van der Waals surface area contributed by atoms with Gasteiger partial charge in [0, 0.05) is 18.8 Å². The molecule has 1 aliphatic heterocycles. The van der Waals surface area contributed by atoms with Gasteiger partial charge in [-0.2, -0.15) is 0 Å². The SMILES string of the molecule is CC(C)(C(=O)O)c1ccccc1N1CCCC1. The molecule has 0 radical (unpaired) electrons. The highest BCUT2D eigenvalue weighted by molar-refractivity contribution is 5.83. The Balaban J connectivity index is 2.43. The summed E-state index contributed by atoms with van der Waals surface area (Å²) in [5.74, 6) is -0.774. The second-order valence-corrected chi connectivity index (χ2v) is 5.14. The van der Waals surface area contributed by atoms with Crippen LogP contribution < -0.4 is 4.90 Å². The molecule has 1 saturated heterocycles. The van der Waals surface area contributed by atoms with Crippen molar-refractivity contribution in [3.63, 3.8) is 0 Å². The van der Waals surface area contributed by atoms with Crippen LogP contribution in [0.15, 0.2) is 24.3 Å². The van der Waals surface area contributed by atoms with E-state index in [9.17, 15) is 9.90 Å². The lowest BCUT2D eigenvalue weighted by molar-refractivity contribution is -0.142. The van der Waals surface area contributed by atoms with Gasteiger partial charge in [0.2, 0.25) is 0 Å². The first kappa shape index (κ1) is 12.0. The molecule has 0 saturated carbocycles. The summed E-state index contributed by atoms with van der Waals surface area (Å²) in [6, 6.07) is 7.86. The van der Waals surface area contributed by atoms with Gasteiger partial charge in [-0.3, -0.25) is 4.79 Å². The van der Waals surface area contributed by atoms with E-state index in [1.807, 2.05) is 24.3 Å². The predicted octanol–water partition coefficient (Wildman–Crippen LogP) is 2.65. The topological polar surface area (TPSA) is 40.5 Å². The number of rotatable bonds is 3. The molecule has 0 bridgehead atoms. The number of aliphatic carboxylic acids is 1. The minimum atomic E-state index is -0.834. The smallest absolute Gasteiger partial charge is 0.313 e. The standard InChI is InChI=1S/C14H19NO2/c1-14(2,13(16)17)11-7-3-4-8-12(11)15-9-5-6-10-15/h3-4,7-8H,5-6,9-10H2,1-2H3,(H,16,17). The van der Waals surface area contributed by atoms with Crippen molar-refractivity contribution in [3.05, 3.63) is 29.8 Å². The first-order valence-electron chi connectivity index (χ1n) is 6.11. The van der Waals surface area contributed by atoms with E-state index in [4.69, 9.17) is 0 Å². The van der Waals surface area contributed by atoms with E-state index >= 15 is 0 Å². The fourth-order valence-electron chi connectivity index (χ4n) is 2.35. The molecule has 0 atom stereocenters. The van der Waals surface area contributed by atoms with Crippen molar-refractivity contribution in [2.24, 2.45) is 0 Å². The van der Waals surface area contributed by atoms with Crippen LogP contribution in [0.3, 0.4) is 0 Å². The number of nitrogens with zero attached hydrogens (tertiary/aromatic N) is 1. The monoisotopic (exact) mass is 233 g/mol. The van der Waals surface area contributed by atoms with E-state index in [2.05, 4.69) is 4.90 Å². The molecule has 0 aromatic heterocycles. The zero-order valence-corrected chi connectivity index (χ0v) is 10.4. The highest BCUT2D eigenvalue weighted by Gasteiger charge is 2.33. The molecule has 17 heavy (non-hydrogen) atoms. The fraction of sp³-hybridized carbons (Fsp3) is 0.500. The fourth-order valence-corrected chi connectivity index (χ4v) is 2.35. The third-order valence-corrected chi connectivity index (χ3v) is 3.56. The largest absolute Gasteiger partial charge is 0.481 e. The van der Waals surface area contributed by atoms with Crippen molar-refractivity contribution in [3.8, 4) is 0 Å². The summed E-state index contributed by atoms with van der Waals surface area (Å²) in [7, 11) is 0. The number of benzene rings is 1. The van der Waals surface area contributed by atoms with Crippen LogP contribution in [0.25, 0.3) is 0 Å². The van der Waals surface area contributed by atoms with Crippen LogP contribution in [-0.2, 0) is 10.2 Å². The molecular formula is C14H19NO2. The van der Waals surface area contributed by atoms with Gasteiger partial charge >= 0.3 is 5.97 Å². The third kappa shape index (κ3) is 2.14. The summed E-state index contributed by atoms with van der Waals surface area (Å²) < 4.78 is 0. The van der Waals surface area contributed by atoms with Crippen LogP contribution in [0.5, 0.6) is 0 Å². The second kappa shape index (κ2) is 4.40. The maximum Gasteiger partial charge on any atom is 0.313 e. The Morgan fingerprint density at radius 3 is 2.41 bits per heavy atom. The molecule has 0 amide bonds. The molecule has 1 aromatic rings. The second-order valence-electron chi connectivity index (χ2n) is 5.14. The summed E-state index contributed by atoms with van der Waals surface area (Å²) in [6.07, 6.45) is 2.39. The maximum atomic E-state index is 11.4. The van der Waals surface area contributed by atoms with Crippen molar-refractivity contribution in [2.75, 3.05) is 18.0 Å². The quantitative estimate of drug-likeness (QED) is 0.872. The average molecular weight is 233 g/mol. The zero-order valence-electron chi connectivity index (χ0n) is 10.4. The lowest BCUT2D eigenvalue weighted by Gasteiger charge is -2.28. The van der Waals surface area contributed by atoms with E-state index in [0.29, 0.717) is 0 Å². The minimum Gasteiger partial charge on any atom is -0.481 e. The van der Waals surface area contributed by atoms with Gasteiger partial charge in [-0.05, 0) is 38.3 Å². The van der Waals surface area contributed by atoms with Crippen LogP contribution in [0, 0.1) is 0 Å². The van der Waals surface area contributed by atoms with Crippen molar-refractivity contribution < 1.29 is 9.90 Å². The van der Waals surface area contributed by atoms with Gasteiger partial charge in [-0.25, -0.2) is 0 Å². The Labute approximate surface area is 102 Å². The lowest BCUT2D eigenvalue weighted by atomic mass is 9.83. The normalized spacial score (nSPS) is 16.2. The van der Waals surface area contributed by atoms with E-state index in [1.54, 1.807) is 13.8 Å². The highest BCUT2D eigenvalue weighted by atomic mass is 16.4. The lowest BCUT2D eigenvalue weighted by Crippen LogP contribution is -2.31. The van der Waals surface area contributed by atoms with Crippen LogP contribution in [0.4, 0.5) is 5.69 Å². The molecule has 0 unspecified atom stereocenters. The summed E-state index contributed by atoms with van der Waals surface area (Å²) in [5, 5.41) is 9.34. The Bertz CT molecular complexity index is 420. The molecule has 1 aromatic carbocycles. The van der Waals surface area contributed by atoms with Crippen molar-refractivity contribution >= 4 is 11.7 Å². The minimum absolute atomic E-state index is 0.774. The number of hydrogen-bond donors (Lipinski definition) is 1. The molecular weight excluding hydrogens is 214 g/mol. The summed E-state index contributed by atoms with van der Waals surface area (Å²) in [6.45, 7) is 5.61. The first-order chi connectivity index (χ1) is 8.03. The Kier molecular flexibility index (Phi) is 3.09. The molecule has 1 heterocycles. The molecule has 0 spiro atoms. The zero-order chi connectivity index (χ0) is 12.5. The van der Waals surface area contributed by atoms with Gasteiger partial charge in [0.15, 0.2) is 0 Å². The summed E-state index contributed by atoms with van der Waals surface area (Å²) >= 11 is 0. The number of carboxylic acid groups (broad SMARTS) is 1. The third-order valence-electron chi connectivity index (χ3n) is 3.56. The number of hydrogen-bond acceptors (Lipinski definition) is 2. The van der Waals surface area contributed by atoms with E-state index in [1.165, 1.54) is 12.8 Å². The van der Waals surface area contributed by atoms with E-state index in [-0.39, 0.29) is 0 Å². The molecule has 92 valence electrons. The molecule has 1 fully saturated rings. The van der Waals surface area contributed by atoms with E-state index < -0.39 is 11.4 Å². The van der Waals surface area contributed by atoms with Gasteiger partial charge in [0.05, 0.1) is 5.41 Å².